The molecular formula is C25H25FN4O3. The minimum atomic E-state index is -0.284. The summed E-state index contributed by atoms with van der Waals surface area (Å²) in [4.78, 5) is 23.3. The van der Waals surface area contributed by atoms with Crippen molar-refractivity contribution in [2.24, 2.45) is 0 Å². The van der Waals surface area contributed by atoms with Crippen LogP contribution in [0.5, 0.6) is 5.75 Å². The molecule has 2 aromatic carbocycles. The molecule has 1 amide bonds. The normalized spacial score (nSPS) is 19.4. The summed E-state index contributed by atoms with van der Waals surface area (Å²) < 4.78 is 25.2. The Hall–Kier alpha value is -3.52. The van der Waals surface area contributed by atoms with Gasteiger partial charge in [0.15, 0.2) is 0 Å². The molecule has 3 heterocycles. The minimum Gasteiger partial charge on any atom is -0.488 e. The number of benzene rings is 2. The van der Waals surface area contributed by atoms with Crippen molar-refractivity contribution in [2.45, 2.75) is 31.0 Å². The monoisotopic (exact) mass is 448 g/mol. The van der Waals surface area contributed by atoms with E-state index in [9.17, 15) is 9.18 Å². The number of rotatable bonds is 5. The maximum atomic E-state index is 13.1. The zero-order valence-corrected chi connectivity index (χ0v) is 18.1. The molecule has 0 unspecified atom stereocenters. The molecule has 2 aliphatic rings. The van der Waals surface area contributed by atoms with Crippen LogP contribution in [-0.2, 0) is 4.74 Å². The third kappa shape index (κ3) is 4.96. The molecule has 5 rings (SSSR count). The standard InChI is InChI=1S/C25H25FN4O3/c26-19-5-7-21(8-6-19)33-22-16-25(32-17-22)9-13-30(14-10-25)23(31)18-3-1-4-20(15-18)29-24-27-11-2-12-28-24/h1-8,11-12,15,22H,9-10,13-14,16-17H2,(H,27,28,29)/t22-/m1/s1. The number of anilines is 2. The first-order valence-corrected chi connectivity index (χ1v) is 11.1. The van der Waals surface area contributed by atoms with Crippen LogP contribution in [0.3, 0.4) is 0 Å². The number of halogens is 1. The van der Waals surface area contributed by atoms with Gasteiger partial charge in [0.1, 0.15) is 17.7 Å². The third-order valence-corrected chi connectivity index (χ3v) is 6.18. The predicted octanol–water partition coefficient (Wildman–Crippen LogP) is 4.20. The van der Waals surface area contributed by atoms with Crippen molar-refractivity contribution in [1.29, 1.82) is 0 Å². The topological polar surface area (TPSA) is 76.6 Å². The van der Waals surface area contributed by atoms with Crippen LogP contribution in [0.4, 0.5) is 16.0 Å². The number of carbonyl (C=O) groups is 1. The van der Waals surface area contributed by atoms with E-state index in [-0.39, 0.29) is 23.4 Å². The zero-order chi connectivity index (χ0) is 22.7. The number of amides is 1. The highest BCUT2D eigenvalue weighted by molar-refractivity contribution is 5.95. The molecule has 2 saturated heterocycles. The Morgan fingerprint density at radius 1 is 1.09 bits per heavy atom. The van der Waals surface area contributed by atoms with Crippen LogP contribution in [0.15, 0.2) is 67.0 Å². The van der Waals surface area contributed by atoms with E-state index in [2.05, 4.69) is 15.3 Å². The van der Waals surface area contributed by atoms with E-state index >= 15 is 0 Å². The van der Waals surface area contributed by atoms with Crippen molar-refractivity contribution < 1.29 is 18.7 Å². The number of piperidine rings is 1. The van der Waals surface area contributed by atoms with Crippen LogP contribution in [0, 0.1) is 5.82 Å². The van der Waals surface area contributed by atoms with E-state index in [1.165, 1.54) is 12.1 Å². The Bertz CT molecular complexity index is 1100. The fraction of sp³-hybridized carbons (Fsp3) is 0.320. The summed E-state index contributed by atoms with van der Waals surface area (Å²) in [7, 11) is 0. The molecule has 0 aliphatic carbocycles. The second kappa shape index (κ2) is 9.15. The number of likely N-dealkylation sites (tertiary alicyclic amines) is 1. The molecule has 1 atom stereocenters. The van der Waals surface area contributed by atoms with E-state index < -0.39 is 0 Å². The zero-order valence-electron chi connectivity index (χ0n) is 18.1. The molecule has 170 valence electrons. The fourth-order valence-corrected chi connectivity index (χ4v) is 4.45. The van der Waals surface area contributed by atoms with E-state index in [1.807, 2.05) is 29.2 Å². The molecule has 7 nitrogen and oxygen atoms in total. The Balaban J connectivity index is 1.17. The van der Waals surface area contributed by atoms with Crippen molar-refractivity contribution in [3.8, 4) is 5.75 Å². The molecule has 3 aromatic rings. The largest absolute Gasteiger partial charge is 0.488 e. The first-order chi connectivity index (χ1) is 16.1. The van der Waals surface area contributed by atoms with Crippen molar-refractivity contribution in [3.63, 3.8) is 0 Å². The van der Waals surface area contributed by atoms with Crippen LogP contribution < -0.4 is 10.1 Å². The van der Waals surface area contributed by atoms with Crippen molar-refractivity contribution in [3.05, 3.63) is 78.4 Å². The summed E-state index contributed by atoms with van der Waals surface area (Å²) >= 11 is 0. The number of carbonyl (C=O) groups excluding carboxylic acids is 1. The highest BCUT2D eigenvalue weighted by Crippen LogP contribution is 2.37. The van der Waals surface area contributed by atoms with E-state index in [0.717, 1.165) is 24.9 Å². The molecule has 0 bridgehead atoms. The van der Waals surface area contributed by atoms with Gasteiger partial charge in [-0.2, -0.15) is 0 Å². The van der Waals surface area contributed by atoms with E-state index in [0.29, 0.717) is 37.0 Å². The maximum Gasteiger partial charge on any atom is 0.253 e. The molecule has 2 aliphatic heterocycles. The van der Waals surface area contributed by atoms with Gasteiger partial charge in [-0.3, -0.25) is 4.79 Å². The van der Waals surface area contributed by atoms with Crippen molar-refractivity contribution >= 4 is 17.5 Å². The number of hydrogen-bond donors (Lipinski definition) is 1. The molecule has 33 heavy (non-hydrogen) atoms. The van der Waals surface area contributed by atoms with Gasteiger partial charge in [0.25, 0.3) is 5.91 Å². The Morgan fingerprint density at radius 2 is 1.85 bits per heavy atom. The lowest BCUT2D eigenvalue weighted by Crippen LogP contribution is -2.46. The van der Waals surface area contributed by atoms with Gasteiger partial charge < -0.3 is 19.7 Å². The summed E-state index contributed by atoms with van der Waals surface area (Å²) in [6.45, 7) is 1.75. The molecule has 1 aromatic heterocycles. The number of nitrogens with one attached hydrogen (secondary N) is 1. The van der Waals surface area contributed by atoms with Gasteiger partial charge in [0, 0.05) is 43.2 Å². The Kier molecular flexibility index (Phi) is 5.92. The highest BCUT2D eigenvalue weighted by Gasteiger charge is 2.44. The number of nitrogens with zero attached hydrogens (tertiary/aromatic N) is 3. The van der Waals surface area contributed by atoms with Crippen molar-refractivity contribution in [1.82, 2.24) is 14.9 Å². The van der Waals surface area contributed by atoms with Crippen molar-refractivity contribution in [2.75, 3.05) is 25.0 Å². The quantitative estimate of drug-likeness (QED) is 0.630. The molecule has 1 N–H and O–H groups in total. The highest BCUT2D eigenvalue weighted by atomic mass is 19.1. The van der Waals surface area contributed by atoms with Gasteiger partial charge >= 0.3 is 0 Å². The molecule has 0 saturated carbocycles. The van der Waals surface area contributed by atoms with Gasteiger partial charge in [0.2, 0.25) is 5.95 Å². The SMILES string of the molecule is O=C(c1cccc(Nc2ncccn2)c1)N1CCC2(CC1)C[C@@H](Oc1ccc(F)cc1)CO2. The lowest BCUT2D eigenvalue weighted by molar-refractivity contribution is -0.0395. The molecule has 8 heteroatoms. The van der Waals surface area contributed by atoms with Crippen LogP contribution in [0.2, 0.25) is 0 Å². The van der Waals surface area contributed by atoms with Crippen LogP contribution in [-0.4, -0.2) is 52.2 Å². The summed E-state index contributed by atoms with van der Waals surface area (Å²) in [5.41, 5.74) is 1.12. The first kappa shape index (κ1) is 21.3. The van der Waals surface area contributed by atoms with Gasteiger partial charge in [-0.1, -0.05) is 6.07 Å². The summed E-state index contributed by atoms with van der Waals surface area (Å²) in [6, 6.07) is 15.2. The lowest BCUT2D eigenvalue weighted by Gasteiger charge is -2.38. The smallest absolute Gasteiger partial charge is 0.253 e. The van der Waals surface area contributed by atoms with Gasteiger partial charge in [0.05, 0.1) is 12.2 Å². The van der Waals surface area contributed by atoms with E-state index in [1.54, 1.807) is 30.6 Å². The Labute approximate surface area is 191 Å². The van der Waals surface area contributed by atoms with E-state index in [4.69, 9.17) is 9.47 Å². The summed E-state index contributed by atoms with van der Waals surface area (Å²) in [6.07, 6.45) is 5.54. The van der Waals surface area contributed by atoms with Gasteiger partial charge in [-0.05, 0) is 61.4 Å². The van der Waals surface area contributed by atoms with Crippen LogP contribution >= 0.6 is 0 Å². The molecule has 2 fully saturated rings. The third-order valence-electron chi connectivity index (χ3n) is 6.18. The number of hydrogen-bond acceptors (Lipinski definition) is 6. The number of ether oxygens (including phenoxy) is 2. The summed E-state index contributed by atoms with van der Waals surface area (Å²) in [5, 5.41) is 3.12. The second-order valence-electron chi connectivity index (χ2n) is 8.46. The van der Waals surface area contributed by atoms with Gasteiger partial charge in [-0.15, -0.1) is 0 Å². The average molecular weight is 448 g/mol. The predicted molar refractivity (Wildman–Crippen MR) is 121 cm³/mol. The fourth-order valence-electron chi connectivity index (χ4n) is 4.45. The molecule has 1 spiro atoms. The molecular weight excluding hydrogens is 423 g/mol. The first-order valence-electron chi connectivity index (χ1n) is 11.1. The van der Waals surface area contributed by atoms with Crippen LogP contribution in [0.1, 0.15) is 29.6 Å². The number of aromatic nitrogens is 2. The summed E-state index contributed by atoms with van der Waals surface area (Å²) in [5.74, 6) is 0.842. The second-order valence-corrected chi connectivity index (χ2v) is 8.46. The minimum absolute atomic E-state index is 0.000380. The lowest BCUT2D eigenvalue weighted by atomic mass is 9.87. The maximum absolute atomic E-state index is 13.1. The average Bonchev–Trinajstić information content (AvgIpc) is 3.23. The van der Waals surface area contributed by atoms with Crippen LogP contribution in [0.25, 0.3) is 0 Å². The molecule has 0 radical (unpaired) electrons. The Morgan fingerprint density at radius 3 is 2.61 bits per heavy atom. The van der Waals surface area contributed by atoms with Gasteiger partial charge in [-0.25, -0.2) is 14.4 Å².